The van der Waals surface area contributed by atoms with Crippen molar-refractivity contribution in [2.45, 2.75) is 105 Å². The van der Waals surface area contributed by atoms with Gasteiger partial charge >= 0.3 is 17.9 Å². The number of aliphatic hydroxyl groups is 5. The molecule has 0 saturated heterocycles. The summed E-state index contributed by atoms with van der Waals surface area (Å²) in [6, 6.07) is 0. The highest BCUT2D eigenvalue weighted by molar-refractivity contribution is 6.21. The van der Waals surface area contributed by atoms with Gasteiger partial charge in [0.1, 0.15) is 40.5 Å². The van der Waals surface area contributed by atoms with Crippen LogP contribution in [0.3, 0.4) is 0 Å². The highest BCUT2D eigenvalue weighted by atomic mass is 16.7. The number of hydrogen-bond donors (Lipinski definition) is 7. The summed E-state index contributed by atoms with van der Waals surface area (Å²) < 4.78 is 27.9. The molecule has 0 unspecified atom stereocenters. The predicted octanol–water partition coefficient (Wildman–Crippen LogP) is 2.79. The second kappa shape index (κ2) is 17.5. The number of carbonyl (C=O) groups is 5. The molecule has 1 aromatic rings. The van der Waals surface area contributed by atoms with Crippen LogP contribution in [-0.2, 0) is 38.1 Å². The molecule has 0 radical (unpaired) electrons. The number of phenolic OH excluding ortho intramolecular Hbond substituents is 1. The zero-order chi connectivity index (χ0) is 44.6. The number of amides is 1. The molecule has 0 fully saturated rings. The summed E-state index contributed by atoms with van der Waals surface area (Å²) in [6.45, 7) is 12.5. The van der Waals surface area contributed by atoms with E-state index in [9.17, 15) is 54.6 Å². The number of ketones is 1. The molecular formula is C42H53NO16. The molecule has 1 aliphatic carbocycles. The molecule has 3 heterocycles. The second-order valence-corrected chi connectivity index (χ2v) is 15.6. The van der Waals surface area contributed by atoms with Gasteiger partial charge in [0.2, 0.25) is 6.79 Å². The predicted molar refractivity (Wildman–Crippen MR) is 209 cm³/mol. The van der Waals surface area contributed by atoms with Gasteiger partial charge in [0.05, 0.1) is 42.2 Å². The van der Waals surface area contributed by atoms with E-state index in [-0.39, 0.29) is 61.9 Å². The number of aliphatic hydroxyl groups excluding tert-OH is 3. The number of aromatic hydroxyl groups is 1. The van der Waals surface area contributed by atoms with E-state index in [4.69, 9.17) is 23.7 Å². The normalized spacial score (nSPS) is 33.0. The van der Waals surface area contributed by atoms with Gasteiger partial charge in [-0.15, -0.1) is 0 Å². The number of fused-ring (bicyclic) bond motifs is 14. The van der Waals surface area contributed by atoms with E-state index in [1.54, 1.807) is 0 Å². The minimum absolute atomic E-state index is 0.00133. The SMILES string of the molecule is COC(=O)[C@@H]1[C@H](O)[C@H](C)[C@H](O)[C@@](C)(O)/C=C/C=C(/C)C(=O)Nc2c(C)c(OC(C)=O)c3c(c2O)C(=O)C(C)=C2OCOC(=C23)/C(C)=C/[C@@](C)(O)[C@H](O)[C@@H](C)[C@H]1OC(C)=O. The first-order chi connectivity index (χ1) is 27.3. The Balaban J connectivity index is 2.12. The molecule has 0 spiro atoms. The highest BCUT2D eigenvalue weighted by Crippen LogP contribution is 2.53. The lowest BCUT2D eigenvalue weighted by molar-refractivity contribution is -0.183. The lowest BCUT2D eigenvalue weighted by Gasteiger charge is -2.41. The van der Waals surface area contributed by atoms with Crippen molar-refractivity contribution in [3.63, 3.8) is 0 Å². The zero-order valence-corrected chi connectivity index (χ0v) is 34.8. The quantitative estimate of drug-likeness (QED) is 0.131. The van der Waals surface area contributed by atoms with Gasteiger partial charge in [0, 0.05) is 48.0 Å². The van der Waals surface area contributed by atoms with Crippen molar-refractivity contribution in [2.75, 3.05) is 19.2 Å². The number of ether oxygens (including phenoxy) is 5. The first kappa shape index (κ1) is 46.4. The van der Waals surface area contributed by atoms with Crippen molar-refractivity contribution < 1.29 is 78.3 Å². The molecule has 1 amide bonds. The summed E-state index contributed by atoms with van der Waals surface area (Å²) in [5.41, 5.74) is -5.03. The van der Waals surface area contributed by atoms with Crippen LogP contribution >= 0.6 is 0 Å². The van der Waals surface area contributed by atoms with E-state index in [1.165, 1.54) is 73.6 Å². The number of rotatable bonds is 3. The molecule has 17 nitrogen and oxygen atoms in total. The van der Waals surface area contributed by atoms with E-state index in [0.29, 0.717) is 0 Å². The van der Waals surface area contributed by atoms with E-state index >= 15 is 0 Å². The standard InChI is InChI=1S/C42H53NO16/c1-17-13-12-14-41(9,53)37(49)21(5)31(47)28(40(52)55-11)36(59-24(8)45)22(6)38(50)42(10,54)15-18(2)33-27-25-26(30(46)20(4)34(27)57-16-56-33)32(48)29(43-39(17)51)19(3)35(25)58-23(7)44/h12-15,21-22,28,31,36-38,47-50,53-54H,16H2,1-11H3,(H,43,51)/b14-12+,17-13-,18-15+/t21-,22-,28+,31+,36+,37-,38+,41-,42+/m0/s1. The number of allylic oxidation sites excluding steroid dienone is 5. The topological polar surface area (TPSA) is 265 Å². The van der Waals surface area contributed by atoms with Gasteiger partial charge in [-0.05, 0) is 53.2 Å². The zero-order valence-electron chi connectivity index (χ0n) is 34.8. The molecule has 1 aromatic carbocycles. The number of esters is 3. The monoisotopic (exact) mass is 827 g/mol. The van der Waals surface area contributed by atoms with Crippen LogP contribution in [-0.4, -0.2) is 110 Å². The minimum atomic E-state index is -2.26. The molecule has 5 rings (SSSR count). The Hall–Kier alpha value is -5.33. The lowest BCUT2D eigenvalue weighted by atomic mass is 9.74. The fourth-order valence-electron chi connectivity index (χ4n) is 7.66. The van der Waals surface area contributed by atoms with Gasteiger partial charge in [0.25, 0.3) is 5.91 Å². The fourth-order valence-corrected chi connectivity index (χ4v) is 7.66. The molecule has 4 aliphatic rings. The first-order valence-electron chi connectivity index (χ1n) is 18.8. The molecule has 322 valence electrons. The number of benzene rings is 1. The number of anilines is 1. The minimum Gasteiger partial charge on any atom is -0.505 e. The maximum absolute atomic E-state index is 14.0. The van der Waals surface area contributed by atoms with Crippen LogP contribution < -0.4 is 10.1 Å². The molecule has 4 bridgehead atoms. The molecule has 17 heteroatoms. The number of methoxy groups -OCH3 is 1. The van der Waals surface area contributed by atoms with E-state index in [1.807, 2.05) is 0 Å². The van der Waals surface area contributed by atoms with Gasteiger partial charge in [-0.25, -0.2) is 0 Å². The van der Waals surface area contributed by atoms with Crippen LogP contribution in [0.25, 0.3) is 5.57 Å². The average molecular weight is 828 g/mol. The smallest absolute Gasteiger partial charge is 0.315 e. The number of Topliss-reactive ketones (excluding diaryl/α,β-unsaturated/α-hetero) is 1. The van der Waals surface area contributed by atoms with Gasteiger partial charge in [-0.2, -0.15) is 0 Å². The third kappa shape index (κ3) is 8.99. The molecule has 7 N–H and O–H groups in total. The Morgan fingerprint density at radius 2 is 1.46 bits per heavy atom. The number of carbonyl (C=O) groups excluding carboxylic acids is 5. The molecule has 3 aliphatic heterocycles. The van der Waals surface area contributed by atoms with Crippen LogP contribution in [0.1, 0.15) is 83.8 Å². The summed E-state index contributed by atoms with van der Waals surface area (Å²) in [4.78, 5) is 66.1. The number of hydrogen-bond acceptors (Lipinski definition) is 16. The van der Waals surface area contributed by atoms with Crippen molar-refractivity contribution in [1.82, 2.24) is 0 Å². The van der Waals surface area contributed by atoms with Crippen molar-refractivity contribution in [1.29, 1.82) is 0 Å². The third-order valence-electron chi connectivity index (χ3n) is 10.9. The summed E-state index contributed by atoms with van der Waals surface area (Å²) in [7, 11) is 1.01. The average Bonchev–Trinajstić information content (AvgIpc) is 3.16. The summed E-state index contributed by atoms with van der Waals surface area (Å²) in [5.74, 6) is -9.89. The summed E-state index contributed by atoms with van der Waals surface area (Å²) in [5, 5.41) is 72.5. The fraction of sp³-hybridized carbons (Fsp3) is 0.500. The summed E-state index contributed by atoms with van der Waals surface area (Å²) in [6.07, 6.45) is -2.49. The van der Waals surface area contributed by atoms with Crippen LogP contribution in [0.15, 0.2) is 52.5 Å². The Labute approximate surface area is 341 Å². The number of phenols is 1. The molecule has 0 aromatic heterocycles. The Morgan fingerprint density at radius 1 is 0.864 bits per heavy atom. The van der Waals surface area contributed by atoms with Crippen LogP contribution in [0.5, 0.6) is 11.5 Å². The molecule has 59 heavy (non-hydrogen) atoms. The van der Waals surface area contributed by atoms with E-state index in [0.717, 1.165) is 27.0 Å². The molecule has 0 saturated carbocycles. The van der Waals surface area contributed by atoms with Crippen LogP contribution in [0, 0.1) is 24.7 Å². The maximum Gasteiger partial charge on any atom is 0.315 e. The Bertz CT molecular complexity index is 2090. The Kier molecular flexibility index (Phi) is 13.7. The van der Waals surface area contributed by atoms with Gasteiger partial charge in [-0.3, -0.25) is 24.0 Å². The van der Waals surface area contributed by atoms with Crippen LogP contribution in [0.4, 0.5) is 5.69 Å². The van der Waals surface area contributed by atoms with E-state index < -0.39 is 95.5 Å². The molecule has 9 atom stereocenters. The van der Waals surface area contributed by atoms with Crippen molar-refractivity contribution in [3.05, 3.63) is 69.2 Å². The van der Waals surface area contributed by atoms with Gasteiger partial charge in [-0.1, -0.05) is 32.1 Å². The second-order valence-electron chi connectivity index (χ2n) is 15.6. The van der Waals surface area contributed by atoms with Crippen molar-refractivity contribution >= 4 is 40.9 Å². The van der Waals surface area contributed by atoms with E-state index in [2.05, 4.69) is 5.32 Å². The Morgan fingerprint density at radius 3 is 2.03 bits per heavy atom. The van der Waals surface area contributed by atoms with Crippen molar-refractivity contribution in [2.24, 2.45) is 17.8 Å². The third-order valence-corrected chi connectivity index (χ3v) is 10.9. The molecular weight excluding hydrogens is 774 g/mol. The largest absolute Gasteiger partial charge is 0.505 e. The van der Waals surface area contributed by atoms with Gasteiger partial charge < -0.3 is 59.6 Å². The van der Waals surface area contributed by atoms with Gasteiger partial charge in [0.15, 0.2) is 11.5 Å². The first-order valence-corrected chi connectivity index (χ1v) is 18.8. The highest BCUT2D eigenvalue weighted by Gasteiger charge is 2.50. The van der Waals surface area contributed by atoms with Crippen LogP contribution in [0.2, 0.25) is 0 Å². The maximum atomic E-state index is 14.0. The lowest BCUT2D eigenvalue weighted by Crippen LogP contribution is -2.55. The number of nitrogens with one attached hydrogen (secondary N) is 1. The van der Waals surface area contributed by atoms with Crippen molar-refractivity contribution in [3.8, 4) is 11.5 Å². The summed E-state index contributed by atoms with van der Waals surface area (Å²) >= 11 is 0.